The van der Waals surface area contributed by atoms with Crippen molar-refractivity contribution in [3.63, 3.8) is 0 Å². The molecule has 0 spiro atoms. The molecule has 0 saturated carbocycles. The predicted octanol–water partition coefficient (Wildman–Crippen LogP) is 3.00. The molecule has 0 aromatic heterocycles. The third kappa shape index (κ3) is 21.3. The molecule has 0 aliphatic carbocycles. The molecule has 0 rings (SSSR count). The van der Waals surface area contributed by atoms with Crippen molar-refractivity contribution in [2.24, 2.45) is 0 Å². The smallest absolute Gasteiger partial charge is 0.363 e. The van der Waals surface area contributed by atoms with Gasteiger partial charge in [-0.2, -0.15) is 0 Å². The maximum absolute atomic E-state index is 3.29. The zero-order valence-electron chi connectivity index (χ0n) is 2.09. The van der Waals surface area contributed by atoms with Crippen molar-refractivity contribution in [1.82, 2.24) is 0 Å². The van der Waals surface area contributed by atoms with Crippen molar-refractivity contribution in [2.45, 2.75) is 0 Å². The minimum Gasteiger partial charge on any atom is -0.363 e. The molecular weight excluding hydrogens is 347 g/mol. The van der Waals surface area contributed by atoms with E-state index in [1.165, 1.54) is 0 Å². The fourth-order valence-corrected chi connectivity index (χ4v) is 0. The highest BCUT2D eigenvalue weighted by atomic mass is 80.0. The van der Waals surface area contributed by atoms with E-state index in [1.807, 2.05) is 0 Å². The van der Waals surface area contributed by atoms with Gasteiger partial charge in [-0.15, -0.1) is 0 Å². The van der Waals surface area contributed by atoms with E-state index in [4.69, 9.17) is 0 Å². The van der Waals surface area contributed by atoms with Gasteiger partial charge in [0.1, 0.15) is 0 Å². The largest absolute Gasteiger partial charge is 0.450 e. The lowest BCUT2D eigenvalue weighted by Crippen LogP contribution is -1.86. The summed E-state index contributed by atoms with van der Waals surface area (Å²) < 4.78 is 0. The molecule has 0 radical (unpaired) electrons. The molecule has 0 aliphatic heterocycles. The summed E-state index contributed by atoms with van der Waals surface area (Å²) in [5, 5.41) is 0. The second-order valence-corrected chi connectivity index (χ2v) is 40.1. The second-order valence-electron chi connectivity index (χ2n) is 0.495. The highest BCUT2D eigenvalue weighted by Crippen LogP contribution is 2.33. The lowest BCUT2D eigenvalue weighted by atomic mass is 26.9. The quantitative estimate of drug-likeness (QED) is 0.592. The van der Waals surface area contributed by atoms with Gasteiger partial charge in [-0.1, -0.05) is 0 Å². The van der Waals surface area contributed by atoms with Gasteiger partial charge in [-0.25, -0.2) is 0 Å². The molecule has 0 fully saturated rings. The minimum atomic E-state index is -1.58. The summed E-state index contributed by atoms with van der Waals surface area (Å²) in [7, 11) is 0. The van der Waals surface area contributed by atoms with E-state index in [0.29, 0.717) is 0 Å². The van der Waals surface area contributed by atoms with Crippen LogP contribution in [0.5, 0.6) is 0 Å². The Balaban J connectivity index is 3.02. The fraction of sp³-hybridized carbons (Fsp3) is 0. The highest BCUT2D eigenvalue weighted by molar-refractivity contribution is 9.90. The molecule has 0 atom stereocenters. The van der Waals surface area contributed by atoms with Crippen molar-refractivity contribution in [3.05, 3.63) is 0 Å². The van der Waals surface area contributed by atoms with Gasteiger partial charge in [-0.3, -0.25) is 0 Å². The van der Waals surface area contributed by atoms with Gasteiger partial charge < -0.3 is 56.2 Å². The summed E-state index contributed by atoms with van der Waals surface area (Å²) in [5.74, 6) is -1.58. The van der Waals surface area contributed by atoms with Crippen LogP contribution in [0.3, 0.4) is 0 Å². The van der Waals surface area contributed by atoms with E-state index in [0.717, 1.165) is 0 Å². The van der Waals surface area contributed by atoms with Crippen LogP contribution in [0.1, 0.15) is 0 Å². The van der Waals surface area contributed by atoms with Gasteiger partial charge in [0.15, 0.2) is 0 Å². The van der Waals surface area contributed by atoms with Gasteiger partial charge in [0.25, 0.3) is 0 Å². The molecule has 0 saturated heterocycles. The summed E-state index contributed by atoms with van der Waals surface area (Å²) in [4.78, 5) is 0. The molecule has 5 heteroatoms. The van der Waals surface area contributed by atoms with Gasteiger partial charge in [0.2, 0.25) is 0 Å². The predicted molar refractivity (Wildman–Crippen MR) is 41.5 cm³/mol. The summed E-state index contributed by atoms with van der Waals surface area (Å²) in [6, 6.07) is 0. The minimum absolute atomic E-state index is 1.58. The second kappa shape index (κ2) is 2.69. The summed E-state index contributed by atoms with van der Waals surface area (Å²) in [6.07, 6.45) is 0. The summed E-state index contributed by atoms with van der Waals surface area (Å²) in [6.45, 7) is 0. The molecule has 5 heavy (non-hydrogen) atoms. The van der Waals surface area contributed by atoms with Crippen LogP contribution < -0.4 is 0 Å². The average molecular weight is 347 g/mol. The molecule has 0 aromatic rings. The molecular formula is AlBr4-. The van der Waals surface area contributed by atoms with Crippen LogP contribution in [0.2, 0.25) is 0 Å². The van der Waals surface area contributed by atoms with E-state index in [2.05, 4.69) is 56.2 Å². The SMILES string of the molecule is [Br][Al-]([Br])([Br])[Br]. The van der Waals surface area contributed by atoms with E-state index in [9.17, 15) is 0 Å². The number of hydrogen-bond donors (Lipinski definition) is 0. The number of hydrogen-bond acceptors (Lipinski definition) is 0. The van der Waals surface area contributed by atoms with Crippen LogP contribution >= 0.6 is 56.2 Å². The van der Waals surface area contributed by atoms with E-state index in [1.54, 1.807) is 0 Å². The first-order chi connectivity index (χ1) is 2.00. The molecule has 0 bridgehead atoms. The molecule has 0 aromatic carbocycles. The normalized spacial score (nSPS) is 12.0. The first-order valence-corrected chi connectivity index (χ1v) is 13.6. The van der Waals surface area contributed by atoms with Crippen molar-refractivity contribution in [2.75, 3.05) is 0 Å². The molecule has 0 amide bonds. The van der Waals surface area contributed by atoms with Crippen molar-refractivity contribution >= 4 is 62.0 Å². The topological polar surface area (TPSA) is 0 Å². The monoisotopic (exact) mass is 343 g/mol. The Morgan fingerprint density at radius 1 is 0.800 bits per heavy atom. The first kappa shape index (κ1) is 7.45. The lowest BCUT2D eigenvalue weighted by molar-refractivity contribution is 4.79. The van der Waals surface area contributed by atoms with Crippen LogP contribution in [-0.4, -0.2) is 5.77 Å². The van der Waals surface area contributed by atoms with Gasteiger partial charge in [0.05, 0.1) is 0 Å². The Bertz CT molecular complexity index is 19.1. The van der Waals surface area contributed by atoms with Crippen LogP contribution in [0, 0.1) is 0 Å². The summed E-state index contributed by atoms with van der Waals surface area (Å²) in [5.41, 5.74) is 0. The maximum atomic E-state index is 3.29. The summed E-state index contributed by atoms with van der Waals surface area (Å²) >= 11 is 13.2. The molecule has 0 unspecified atom stereocenters. The maximum Gasteiger partial charge on any atom is 0.450 e. The van der Waals surface area contributed by atoms with Crippen molar-refractivity contribution in [1.29, 1.82) is 0 Å². The average Bonchev–Trinajstić information content (AvgIpc) is 0.722. The lowest BCUT2D eigenvalue weighted by Gasteiger charge is -2.00. The Morgan fingerprint density at radius 3 is 0.800 bits per heavy atom. The zero-order chi connectivity index (χ0) is 4.50. The van der Waals surface area contributed by atoms with Gasteiger partial charge in [0, 0.05) is 0 Å². The van der Waals surface area contributed by atoms with Crippen molar-refractivity contribution < 1.29 is 0 Å². The number of rotatable bonds is 0. The van der Waals surface area contributed by atoms with Gasteiger partial charge >= 0.3 is 5.77 Å². The van der Waals surface area contributed by atoms with E-state index in [-0.39, 0.29) is 0 Å². The third-order valence-electron chi connectivity index (χ3n) is 0. The van der Waals surface area contributed by atoms with Crippen molar-refractivity contribution in [3.8, 4) is 0 Å². The Hall–Kier alpha value is 2.45. The standard InChI is InChI=1S/Al.4BrH/h;4*1H/q+3;;;;/p-4. The fourth-order valence-electron chi connectivity index (χ4n) is 0. The molecule has 0 heterocycles. The highest BCUT2D eigenvalue weighted by Gasteiger charge is 2.09. The third-order valence-corrected chi connectivity index (χ3v) is 0. The molecule has 32 valence electrons. The van der Waals surface area contributed by atoms with Crippen LogP contribution in [0.15, 0.2) is 0 Å². The molecule has 0 nitrogen and oxygen atoms in total. The van der Waals surface area contributed by atoms with E-state index < -0.39 is 5.77 Å². The van der Waals surface area contributed by atoms with Crippen LogP contribution in [0.25, 0.3) is 0 Å². The van der Waals surface area contributed by atoms with Gasteiger partial charge in [-0.05, 0) is 0 Å². The molecule has 0 N–H and O–H groups in total. The van der Waals surface area contributed by atoms with Crippen LogP contribution in [0.4, 0.5) is 0 Å². The Labute approximate surface area is 61.0 Å². The molecule has 0 aliphatic rings. The Kier molecular flexibility index (Phi) is 4.00. The van der Waals surface area contributed by atoms with Crippen LogP contribution in [-0.2, 0) is 0 Å². The Morgan fingerprint density at radius 2 is 0.800 bits per heavy atom. The zero-order valence-corrected chi connectivity index (χ0v) is 9.59. The first-order valence-electron chi connectivity index (χ1n) is 0.873. The number of halogens is 4. The van der Waals surface area contributed by atoms with E-state index >= 15 is 0 Å².